The first kappa shape index (κ1) is 21.5. The van der Waals surface area contributed by atoms with E-state index in [0.717, 1.165) is 4.90 Å². The van der Waals surface area contributed by atoms with E-state index >= 15 is 0 Å². The highest BCUT2D eigenvalue weighted by atomic mass is 35.5. The Bertz CT molecular complexity index is 1030. The van der Waals surface area contributed by atoms with Crippen molar-refractivity contribution < 1.29 is 19.1 Å². The predicted molar refractivity (Wildman–Crippen MR) is 120 cm³/mol. The minimum atomic E-state index is -0.594. The molecule has 0 aliphatic carbocycles. The van der Waals surface area contributed by atoms with Crippen LogP contribution in [0.15, 0.2) is 47.4 Å². The van der Waals surface area contributed by atoms with Crippen LogP contribution in [0.5, 0.6) is 5.75 Å². The predicted octanol–water partition coefficient (Wildman–Crippen LogP) is 3.80. The molecular weight excluding hydrogens is 438 g/mol. The maximum Gasteiger partial charge on any atom is 0.332 e. The first-order chi connectivity index (χ1) is 14.9. The molecule has 0 aromatic heterocycles. The largest absolute Gasteiger partial charge is 0.496 e. The molecule has 9 heteroatoms. The number of hydrogen-bond acceptors (Lipinski definition) is 5. The van der Waals surface area contributed by atoms with Crippen LogP contribution in [0.1, 0.15) is 23.2 Å². The summed E-state index contributed by atoms with van der Waals surface area (Å²) in [6.07, 6.45) is 2.89. The third-order valence-electron chi connectivity index (χ3n) is 5.62. The molecule has 2 heterocycles. The molecule has 0 bridgehead atoms. The second kappa shape index (κ2) is 8.80. The van der Waals surface area contributed by atoms with Crippen molar-refractivity contribution in [1.29, 1.82) is 0 Å². The van der Waals surface area contributed by atoms with Crippen LogP contribution < -0.4 is 15.0 Å². The van der Waals surface area contributed by atoms with Crippen LogP contribution in [0.3, 0.4) is 0 Å². The third-order valence-corrected chi connectivity index (χ3v) is 6.60. The average molecular weight is 460 g/mol. The molecule has 2 saturated heterocycles. The van der Waals surface area contributed by atoms with E-state index < -0.39 is 6.04 Å². The molecule has 4 rings (SSSR count). The number of ether oxygens (including phenoxy) is 1. The molecule has 162 valence electrons. The zero-order chi connectivity index (χ0) is 22.1. The van der Waals surface area contributed by atoms with Gasteiger partial charge in [0.15, 0.2) is 0 Å². The van der Waals surface area contributed by atoms with Crippen molar-refractivity contribution in [3.8, 4) is 5.75 Å². The van der Waals surface area contributed by atoms with Gasteiger partial charge in [-0.25, -0.2) is 9.69 Å². The molecule has 2 aliphatic heterocycles. The fourth-order valence-corrected chi connectivity index (χ4v) is 4.56. The van der Waals surface area contributed by atoms with Crippen molar-refractivity contribution in [2.45, 2.75) is 29.8 Å². The van der Waals surface area contributed by atoms with E-state index in [9.17, 15) is 14.4 Å². The van der Waals surface area contributed by atoms with Crippen molar-refractivity contribution in [3.05, 3.63) is 53.1 Å². The van der Waals surface area contributed by atoms with Crippen LogP contribution in [0.2, 0.25) is 5.02 Å². The standard InChI is InChI=1S/C22H22ClN3O4S/c1-30-19-12-16(31-2)7-8-17(19)20(27)24-14-9-10-25-18(11-14)21(28)26(22(25)29)15-5-3-13(23)4-6-15/h3-8,12,14,18H,9-11H2,1-2H3,(H,24,27)/t14-,18-/m0/s1. The second-order valence-electron chi connectivity index (χ2n) is 7.40. The molecule has 2 aromatic carbocycles. The van der Waals surface area contributed by atoms with Gasteiger partial charge in [0.05, 0.1) is 18.4 Å². The van der Waals surface area contributed by atoms with Crippen LogP contribution in [0, 0.1) is 0 Å². The summed E-state index contributed by atoms with van der Waals surface area (Å²) in [5.41, 5.74) is 0.937. The number of carbonyl (C=O) groups excluding carboxylic acids is 3. The number of carbonyl (C=O) groups is 3. The molecule has 2 aliphatic rings. The molecule has 2 aromatic rings. The molecule has 0 saturated carbocycles. The Balaban J connectivity index is 1.47. The van der Waals surface area contributed by atoms with Gasteiger partial charge in [0.25, 0.3) is 11.8 Å². The minimum absolute atomic E-state index is 0.222. The van der Waals surface area contributed by atoms with Crippen molar-refractivity contribution >= 4 is 46.9 Å². The van der Waals surface area contributed by atoms with Crippen LogP contribution in [-0.4, -0.2) is 54.7 Å². The number of rotatable bonds is 5. The average Bonchev–Trinajstić information content (AvgIpc) is 3.03. The number of benzene rings is 2. The molecule has 1 N–H and O–H groups in total. The van der Waals surface area contributed by atoms with Crippen LogP contribution in [0.25, 0.3) is 0 Å². The molecule has 0 spiro atoms. The Kier molecular flexibility index (Phi) is 6.11. The quantitative estimate of drug-likeness (QED) is 0.543. The number of thioether (sulfide) groups is 1. The number of fused-ring (bicyclic) bond motifs is 1. The Morgan fingerprint density at radius 2 is 1.94 bits per heavy atom. The minimum Gasteiger partial charge on any atom is -0.496 e. The lowest BCUT2D eigenvalue weighted by molar-refractivity contribution is -0.120. The summed E-state index contributed by atoms with van der Waals surface area (Å²) in [6, 6.07) is 10.9. The fraction of sp³-hybridized carbons (Fsp3) is 0.318. The SMILES string of the molecule is COc1cc(SC)ccc1C(=O)N[C@H]1CCN2C(=O)N(c3ccc(Cl)cc3)C(=O)[C@@H]2C1. The van der Waals surface area contributed by atoms with Gasteiger partial charge in [-0.3, -0.25) is 9.59 Å². The van der Waals surface area contributed by atoms with E-state index in [4.69, 9.17) is 16.3 Å². The van der Waals surface area contributed by atoms with Gasteiger partial charge in [-0.1, -0.05) is 11.6 Å². The number of urea groups is 1. The van der Waals surface area contributed by atoms with Crippen molar-refractivity contribution in [3.63, 3.8) is 0 Å². The molecule has 0 unspecified atom stereocenters. The first-order valence-corrected chi connectivity index (χ1v) is 11.5. The van der Waals surface area contributed by atoms with Crippen LogP contribution in [0.4, 0.5) is 10.5 Å². The van der Waals surface area contributed by atoms with E-state index in [1.807, 2.05) is 18.4 Å². The first-order valence-electron chi connectivity index (χ1n) is 9.86. The Morgan fingerprint density at radius 1 is 1.19 bits per heavy atom. The molecule has 7 nitrogen and oxygen atoms in total. The number of nitrogens with zero attached hydrogens (tertiary/aromatic N) is 2. The zero-order valence-corrected chi connectivity index (χ0v) is 18.7. The van der Waals surface area contributed by atoms with Gasteiger partial charge in [0, 0.05) is 22.5 Å². The highest BCUT2D eigenvalue weighted by Gasteiger charge is 2.48. The summed E-state index contributed by atoms with van der Waals surface area (Å²) >= 11 is 7.49. The normalized spacial score (nSPS) is 20.6. The van der Waals surface area contributed by atoms with Gasteiger partial charge in [-0.05, 0) is 61.6 Å². The molecule has 0 radical (unpaired) electrons. The lowest BCUT2D eigenvalue weighted by Gasteiger charge is -2.32. The Morgan fingerprint density at radius 3 is 2.61 bits per heavy atom. The summed E-state index contributed by atoms with van der Waals surface area (Å²) in [4.78, 5) is 42.5. The second-order valence-corrected chi connectivity index (χ2v) is 8.72. The van der Waals surface area contributed by atoms with Crippen molar-refractivity contribution in [1.82, 2.24) is 10.2 Å². The smallest absolute Gasteiger partial charge is 0.332 e. The maximum atomic E-state index is 13.0. The number of hydrogen-bond donors (Lipinski definition) is 1. The topological polar surface area (TPSA) is 79.0 Å². The molecular formula is C22H22ClN3O4S. The highest BCUT2D eigenvalue weighted by Crippen LogP contribution is 2.32. The molecule has 31 heavy (non-hydrogen) atoms. The van der Waals surface area contributed by atoms with E-state index in [1.165, 1.54) is 12.0 Å². The highest BCUT2D eigenvalue weighted by molar-refractivity contribution is 7.98. The summed E-state index contributed by atoms with van der Waals surface area (Å²) in [5, 5.41) is 3.54. The molecule has 2 atom stereocenters. The van der Waals surface area contributed by atoms with Gasteiger partial charge >= 0.3 is 6.03 Å². The lowest BCUT2D eigenvalue weighted by Crippen LogP contribution is -2.49. The molecule has 4 amide bonds. The third kappa shape index (κ3) is 4.09. The van der Waals surface area contributed by atoms with Crippen LogP contribution >= 0.6 is 23.4 Å². The Labute approximate surface area is 189 Å². The van der Waals surface area contributed by atoms with E-state index in [0.29, 0.717) is 41.4 Å². The molecule has 2 fully saturated rings. The summed E-state index contributed by atoms with van der Waals surface area (Å²) in [5.74, 6) is -0.0368. The number of anilines is 1. The monoisotopic (exact) mass is 459 g/mol. The summed E-state index contributed by atoms with van der Waals surface area (Å²) in [7, 11) is 1.53. The summed E-state index contributed by atoms with van der Waals surface area (Å²) in [6.45, 7) is 0.396. The van der Waals surface area contributed by atoms with Gasteiger partial charge in [-0.2, -0.15) is 0 Å². The van der Waals surface area contributed by atoms with Gasteiger partial charge < -0.3 is 15.0 Å². The van der Waals surface area contributed by atoms with Gasteiger partial charge in [0.1, 0.15) is 11.8 Å². The van der Waals surface area contributed by atoms with E-state index in [2.05, 4.69) is 5.32 Å². The number of amides is 4. The number of nitrogens with one attached hydrogen (secondary N) is 1. The number of halogens is 1. The lowest BCUT2D eigenvalue weighted by atomic mass is 9.97. The number of imide groups is 1. The van der Waals surface area contributed by atoms with Crippen molar-refractivity contribution in [2.24, 2.45) is 0 Å². The van der Waals surface area contributed by atoms with E-state index in [-0.39, 0.29) is 23.9 Å². The number of piperidine rings is 1. The fourth-order valence-electron chi connectivity index (χ4n) is 4.01. The van der Waals surface area contributed by atoms with Crippen molar-refractivity contribution in [2.75, 3.05) is 24.8 Å². The maximum absolute atomic E-state index is 13.0. The number of methoxy groups -OCH3 is 1. The summed E-state index contributed by atoms with van der Waals surface area (Å²) < 4.78 is 5.37. The Hall–Kier alpha value is -2.71. The van der Waals surface area contributed by atoms with Gasteiger partial charge in [0.2, 0.25) is 0 Å². The van der Waals surface area contributed by atoms with Gasteiger partial charge in [-0.15, -0.1) is 11.8 Å². The van der Waals surface area contributed by atoms with E-state index in [1.54, 1.807) is 47.0 Å². The zero-order valence-electron chi connectivity index (χ0n) is 17.1. The van der Waals surface area contributed by atoms with Crippen LogP contribution in [-0.2, 0) is 4.79 Å².